The molecule has 18 heavy (non-hydrogen) atoms. The summed E-state index contributed by atoms with van der Waals surface area (Å²) in [6.45, 7) is 4.82. The molecule has 0 radical (unpaired) electrons. The minimum atomic E-state index is -0.428. The molecular weight excluding hydrogens is 234 g/mol. The van der Waals surface area contributed by atoms with Crippen LogP contribution in [-0.2, 0) is 0 Å². The lowest BCUT2D eigenvalue weighted by Crippen LogP contribution is -2.49. The van der Waals surface area contributed by atoms with Crippen molar-refractivity contribution in [1.82, 2.24) is 5.32 Å². The summed E-state index contributed by atoms with van der Waals surface area (Å²) in [4.78, 5) is 12.6. The van der Waals surface area contributed by atoms with Crippen LogP contribution in [0.25, 0.3) is 0 Å². The summed E-state index contributed by atoms with van der Waals surface area (Å²) in [6, 6.07) is 5.43. The number of hydrogen-bond acceptors (Lipinski definition) is 5. The van der Waals surface area contributed by atoms with Gasteiger partial charge in [-0.15, -0.1) is 0 Å². The average Bonchev–Trinajstić information content (AvgIpc) is 2.37. The van der Waals surface area contributed by atoms with Crippen LogP contribution < -0.4 is 15.0 Å². The van der Waals surface area contributed by atoms with E-state index in [0.29, 0.717) is 11.8 Å². The van der Waals surface area contributed by atoms with Crippen molar-refractivity contribution in [3.8, 4) is 5.75 Å². The van der Waals surface area contributed by atoms with Gasteiger partial charge in [0.1, 0.15) is 0 Å². The number of anilines is 1. The Labute approximate surface area is 106 Å². The highest BCUT2D eigenvalue weighted by molar-refractivity contribution is 5.59. The van der Waals surface area contributed by atoms with Gasteiger partial charge in [0, 0.05) is 43.5 Å². The third-order valence-electron chi connectivity index (χ3n) is 3.09. The van der Waals surface area contributed by atoms with E-state index in [1.807, 2.05) is 0 Å². The second-order valence-electron chi connectivity index (χ2n) is 4.41. The molecule has 1 aliphatic heterocycles. The van der Waals surface area contributed by atoms with E-state index in [9.17, 15) is 10.1 Å². The number of nitro benzene ring substituents is 1. The smallest absolute Gasteiger partial charge is 0.311 e. The van der Waals surface area contributed by atoms with Crippen LogP contribution in [-0.4, -0.2) is 37.7 Å². The van der Waals surface area contributed by atoms with Crippen molar-refractivity contribution in [3.63, 3.8) is 0 Å². The predicted octanol–water partition coefficient (Wildman–Crippen LogP) is 1.40. The highest BCUT2D eigenvalue weighted by Gasteiger charge is 2.20. The number of nitrogens with zero attached hydrogens (tertiary/aromatic N) is 2. The molecule has 2 rings (SSSR count). The Bertz CT molecular complexity index is 450. The third kappa shape index (κ3) is 2.53. The SMILES string of the molecule is COc1cc(N2CCN[C@H](C)C2)ccc1[N+](=O)[O-]. The number of benzene rings is 1. The van der Waals surface area contributed by atoms with Gasteiger partial charge in [0.05, 0.1) is 12.0 Å². The summed E-state index contributed by atoms with van der Waals surface area (Å²) >= 11 is 0. The first-order valence-corrected chi connectivity index (χ1v) is 5.92. The maximum absolute atomic E-state index is 10.8. The Hall–Kier alpha value is -1.82. The van der Waals surface area contributed by atoms with Crippen LogP contribution in [0, 0.1) is 10.1 Å². The van der Waals surface area contributed by atoms with Gasteiger partial charge < -0.3 is 15.0 Å². The van der Waals surface area contributed by atoms with Gasteiger partial charge in [0.25, 0.3) is 0 Å². The second-order valence-corrected chi connectivity index (χ2v) is 4.41. The van der Waals surface area contributed by atoms with Gasteiger partial charge in [-0.05, 0) is 13.0 Å². The van der Waals surface area contributed by atoms with Crippen LogP contribution in [0.5, 0.6) is 5.75 Å². The van der Waals surface area contributed by atoms with E-state index < -0.39 is 4.92 Å². The lowest BCUT2D eigenvalue weighted by atomic mass is 10.2. The van der Waals surface area contributed by atoms with Crippen LogP contribution in [0.2, 0.25) is 0 Å². The van der Waals surface area contributed by atoms with Gasteiger partial charge in [-0.3, -0.25) is 10.1 Å². The third-order valence-corrected chi connectivity index (χ3v) is 3.09. The van der Waals surface area contributed by atoms with Crippen molar-refractivity contribution in [3.05, 3.63) is 28.3 Å². The Morgan fingerprint density at radius 3 is 2.94 bits per heavy atom. The van der Waals surface area contributed by atoms with Crippen molar-refractivity contribution in [1.29, 1.82) is 0 Å². The molecule has 98 valence electrons. The number of nitrogens with one attached hydrogen (secondary N) is 1. The minimum Gasteiger partial charge on any atom is -0.490 e. The molecule has 1 aromatic rings. The lowest BCUT2D eigenvalue weighted by molar-refractivity contribution is -0.385. The molecule has 1 atom stereocenters. The van der Waals surface area contributed by atoms with E-state index in [-0.39, 0.29) is 5.69 Å². The lowest BCUT2D eigenvalue weighted by Gasteiger charge is -2.33. The molecule has 0 spiro atoms. The average molecular weight is 251 g/mol. The van der Waals surface area contributed by atoms with E-state index in [1.165, 1.54) is 13.2 Å². The van der Waals surface area contributed by atoms with Crippen molar-refractivity contribution in [2.24, 2.45) is 0 Å². The first kappa shape index (κ1) is 12.6. The van der Waals surface area contributed by atoms with E-state index >= 15 is 0 Å². The number of hydrogen-bond donors (Lipinski definition) is 1. The summed E-state index contributed by atoms with van der Waals surface area (Å²) in [7, 11) is 1.45. The van der Waals surface area contributed by atoms with Gasteiger partial charge in [-0.2, -0.15) is 0 Å². The van der Waals surface area contributed by atoms with Crippen LogP contribution in [0.4, 0.5) is 11.4 Å². The Morgan fingerprint density at radius 2 is 2.33 bits per heavy atom. The van der Waals surface area contributed by atoms with Crippen molar-refractivity contribution in [2.45, 2.75) is 13.0 Å². The molecule has 1 fully saturated rings. The second kappa shape index (κ2) is 5.22. The Morgan fingerprint density at radius 1 is 1.56 bits per heavy atom. The standard InChI is InChI=1S/C12H17N3O3/c1-9-8-14(6-5-13-9)10-3-4-11(15(16)17)12(7-10)18-2/h3-4,7,9,13H,5-6,8H2,1-2H3/t9-/m1/s1. The topological polar surface area (TPSA) is 67.6 Å². The van der Waals surface area contributed by atoms with Crippen molar-refractivity contribution >= 4 is 11.4 Å². The summed E-state index contributed by atoms with van der Waals surface area (Å²) in [5, 5.41) is 14.2. The number of nitro groups is 1. The zero-order valence-electron chi connectivity index (χ0n) is 10.5. The highest BCUT2D eigenvalue weighted by Crippen LogP contribution is 2.31. The highest BCUT2D eigenvalue weighted by atomic mass is 16.6. The molecule has 1 aliphatic rings. The summed E-state index contributed by atoms with van der Waals surface area (Å²) < 4.78 is 5.08. The van der Waals surface area contributed by atoms with Crippen LogP contribution in [0.15, 0.2) is 18.2 Å². The molecule has 1 aromatic carbocycles. The Kier molecular flexibility index (Phi) is 3.66. The molecule has 1 saturated heterocycles. The molecule has 6 nitrogen and oxygen atoms in total. The molecular formula is C12H17N3O3. The zero-order chi connectivity index (χ0) is 13.1. The molecule has 0 amide bonds. The van der Waals surface area contributed by atoms with E-state index in [0.717, 1.165) is 25.3 Å². The van der Waals surface area contributed by atoms with Crippen molar-refractivity contribution < 1.29 is 9.66 Å². The van der Waals surface area contributed by atoms with Crippen molar-refractivity contribution in [2.75, 3.05) is 31.6 Å². The minimum absolute atomic E-state index is 0.00410. The maximum Gasteiger partial charge on any atom is 0.311 e. The maximum atomic E-state index is 10.8. The molecule has 1 N–H and O–H groups in total. The van der Waals surface area contributed by atoms with Gasteiger partial charge in [-0.1, -0.05) is 0 Å². The molecule has 0 aromatic heterocycles. The molecule has 1 heterocycles. The van der Waals surface area contributed by atoms with Crippen LogP contribution in [0.3, 0.4) is 0 Å². The van der Waals surface area contributed by atoms with Gasteiger partial charge in [0.2, 0.25) is 0 Å². The van der Waals surface area contributed by atoms with Gasteiger partial charge in [-0.25, -0.2) is 0 Å². The normalized spacial score (nSPS) is 19.7. The summed E-state index contributed by atoms with van der Waals surface area (Å²) in [6.07, 6.45) is 0. The summed E-state index contributed by atoms with van der Waals surface area (Å²) in [5.74, 6) is 0.309. The number of rotatable bonds is 3. The predicted molar refractivity (Wildman–Crippen MR) is 69.3 cm³/mol. The molecule has 0 bridgehead atoms. The fraction of sp³-hybridized carbons (Fsp3) is 0.500. The fourth-order valence-corrected chi connectivity index (χ4v) is 2.18. The van der Waals surface area contributed by atoms with Gasteiger partial charge in [0.15, 0.2) is 5.75 Å². The van der Waals surface area contributed by atoms with E-state index in [4.69, 9.17) is 4.74 Å². The summed E-state index contributed by atoms with van der Waals surface area (Å²) in [5.41, 5.74) is 0.968. The quantitative estimate of drug-likeness (QED) is 0.649. The number of ether oxygens (including phenoxy) is 1. The van der Waals surface area contributed by atoms with Gasteiger partial charge >= 0.3 is 5.69 Å². The van der Waals surface area contributed by atoms with Crippen LogP contribution >= 0.6 is 0 Å². The Balaban J connectivity index is 2.26. The molecule has 0 saturated carbocycles. The monoisotopic (exact) mass is 251 g/mol. The zero-order valence-corrected chi connectivity index (χ0v) is 10.5. The van der Waals surface area contributed by atoms with E-state index in [2.05, 4.69) is 17.1 Å². The first-order chi connectivity index (χ1) is 8.61. The largest absolute Gasteiger partial charge is 0.490 e. The molecule has 0 aliphatic carbocycles. The first-order valence-electron chi connectivity index (χ1n) is 5.92. The van der Waals surface area contributed by atoms with Crippen LogP contribution in [0.1, 0.15) is 6.92 Å². The fourth-order valence-electron chi connectivity index (χ4n) is 2.18. The number of methoxy groups -OCH3 is 1. The molecule has 0 unspecified atom stereocenters. The number of piperazine rings is 1. The molecule has 6 heteroatoms. The van der Waals surface area contributed by atoms with E-state index in [1.54, 1.807) is 12.1 Å².